The largest absolute Gasteiger partial charge is 0.497 e. The monoisotopic (exact) mass is 367 g/mol. The summed E-state index contributed by atoms with van der Waals surface area (Å²) < 4.78 is 12.7. The second kappa shape index (κ2) is 6.38. The van der Waals surface area contributed by atoms with E-state index < -0.39 is 0 Å². The molecule has 0 saturated heterocycles. The van der Waals surface area contributed by atoms with E-state index in [1.807, 2.05) is 12.1 Å². The zero-order valence-corrected chi connectivity index (χ0v) is 14.5. The van der Waals surface area contributed by atoms with Gasteiger partial charge in [-0.25, -0.2) is 0 Å². The molecule has 3 nitrogen and oxygen atoms in total. The van der Waals surface area contributed by atoms with Gasteiger partial charge in [0.1, 0.15) is 17.6 Å². The van der Waals surface area contributed by atoms with Crippen molar-refractivity contribution in [2.45, 2.75) is 25.5 Å². The van der Waals surface area contributed by atoms with Crippen LogP contribution < -0.4 is 14.8 Å². The third-order valence-corrected chi connectivity index (χ3v) is 5.66. The Labute approximate surface area is 137 Å². The van der Waals surface area contributed by atoms with E-state index >= 15 is 0 Å². The average molecular weight is 368 g/mol. The summed E-state index contributed by atoms with van der Waals surface area (Å²) in [6, 6.07) is 8.39. The highest BCUT2D eigenvalue weighted by atomic mass is 79.9. The maximum Gasteiger partial charge on any atom is 0.136 e. The van der Waals surface area contributed by atoms with Crippen LogP contribution in [0.3, 0.4) is 0 Å². The molecule has 21 heavy (non-hydrogen) atoms. The highest BCUT2D eigenvalue weighted by molar-refractivity contribution is 9.10. The lowest BCUT2D eigenvalue weighted by atomic mass is 9.95. The Morgan fingerprint density at radius 2 is 2.29 bits per heavy atom. The molecule has 0 saturated carbocycles. The highest BCUT2D eigenvalue weighted by Crippen LogP contribution is 2.45. The molecule has 2 unspecified atom stereocenters. The molecule has 1 N–H and O–H groups in total. The molecule has 0 radical (unpaired) electrons. The molecule has 0 aliphatic carbocycles. The van der Waals surface area contributed by atoms with Gasteiger partial charge in [0, 0.05) is 22.5 Å². The molecule has 1 aliphatic rings. The Kier molecular flexibility index (Phi) is 4.52. The van der Waals surface area contributed by atoms with Gasteiger partial charge in [0.2, 0.25) is 0 Å². The van der Waals surface area contributed by atoms with Crippen molar-refractivity contribution in [3.63, 3.8) is 0 Å². The standard InChI is InChI=1S/C16H18BrNO2S/c1-3-18-13-9-15(16-12(17)6-7-21-16)20-14-5-4-10(19-2)8-11(13)14/h4-8,13,15,18H,3,9H2,1-2H3. The van der Waals surface area contributed by atoms with E-state index in [4.69, 9.17) is 9.47 Å². The van der Waals surface area contributed by atoms with Crippen molar-refractivity contribution in [2.24, 2.45) is 0 Å². The van der Waals surface area contributed by atoms with Crippen molar-refractivity contribution < 1.29 is 9.47 Å². The lowest BCUT2D eigenvalue weighted by Crippen LogP contribution is -2.28. The normalized spacial score (nSPS) is 20.7. The Morgan fingerprint density at radius 1 is 1.43 bits per heavy atom. The minimum absolute atomic E-state index is 0.0873. The fourth-order valence-electron chi connectivity index (χ4n) is 2.71. The third-order valence-electron chi connectivity index (χ3n) is 3.70. The first kappa shape index (κ1) is 14.9. The average Bonchev–Trinajstić information content (AvgIpc) is 2.93. The summed E-state index contributed by atoms with van der Waals surface area (Å²) in [5.41, 5.74) is 1.18. The quantitative estimate of drug-likeness (QED) is 0.849. The van der Waals surface area contributed by atoms with Crippen LogP contribution in [0.15, 0.2) is 34.1 Å². The first-order valence-electron chi connectivity index (χ1n) is 7.03. The molecule has 0 amide bonds. The molecular formula is C16H18BrNO2S. The Balaban J connectivity index is 1.96. The van der Waals surface area contributed by atoms with Crippen LogP contribution in [0.25, 0.3) is 0 Å². The molecule has 5 heteroatoms. The Hall–Kier alpha value is -1.04. The topological polar surface area (TPSA) is 30.5 Å². The second-order valence-electron chi connectivity index (χ2n) is 4.99. The van der Waals surface area contributed by atoms with Crippen LogP contribution in [0.2, 0.25) is 0 Å². The van der Waals surface area contributed by atoms with Gasteiger partial charge in [0.15, 0.2) is 0 Å². The minimum atomic E-state index is 0.0873. The second-order valence-corrected chi connectivity index (χ2v) is 6.79. The maximum absolute atomic E-state index is 6.22. The molecular weight excluding hydrogens is 350 g/mol. The highest BCUT2D eigenvalue weighted by Gasteiger charge is 2.30. The number of nitrogens with one attached hydrogen (secondary N) is 1. The molecule has 1 aliphatic heterocycles. The van der Waals surface area contributed by atoms with Crippen molar-refractivity contribution in [1.82, 2.24) is 5.32 Å². The number of halogens is 1. The lowest BCUT2D eigenvalue weighted by Gasteiger charge is -2.32. The summed E-state index contributed by atoms with van der Waals surface area (Å²) in [4.78, 5) is 1.25. The van der Waals surface area contributed by atoms with Gasteiger partial charge in [0.05, 0.1) is 12.0 Å². The lowest BCUT2D eigenvalue weighted by molar-refractivity contribution is 0.154. The number of benzene rings is 1. The van der Waals surface area contributed by atoms with Crippen LogP contribution in [0.4, 0.5) is 0 Å². The SMILES string of the molecule is CCNC1CC(c2sccc2Br)Oc2ccc(OC)cc21. The van der Waals surface area contributed by atoms with Crippen molar-refractivity contribution in [3.8, 4) is 11.5 Å². The van der Waals surface area contributed by atoms with Crippen molar-refractivity contribution in [1.29, 1.82) is 0 Å². The van der Waals surface area contributed by atoms with Crippen LogP contribution in [-0.4, -0.2) is 13.7 Å². The number of thiophene rings is 1. The summed E-state index contributed by atoms with van der Waals surface area (Å²) in [5.74, 6) is 1.81. The number of hydrogen-bond donors (Lipinski definition) is 1. The summed E-state index contributed by atoms with van der Waals surface area (Å²) in [6.45, 7) is 3.06. The molecule has 0 spiro atoms. The molecule has 2 atom stereocenters. The predicted octanol–water partition coefficient (Wildman–Crippen LogP) is 4.69. The summed E-state index contributed by atoms with van der Waals surface area (Å²) >= 11 is 5.35. The van der Waals surface area contributed by atoms with Gasteiger partial charge in [-0.2, -0.15) is 0 Å². The van der Waals surface area contributed by atoms with Crippen molar-refractivity contribution in [2.75, 3.05) is 13.7 Å². The fourth-order valence-corrected chi connectivity index (χ4v) is 4.38. The van der Waals surface area contributed by atoms with Crippen molar-refractivity contribution >= 4 is 27.3 Å². The molecule has 2 aromatic rings. The molecule has 3 rings (SSSR count). The van der Waals surface area contributed by atoms with E-state index in [-0.39, 0.29) is 12.1 Å². The first-order chi connectivity index (χ1) is 10.2. The van der Waals surface area contributed by atoms with E-state index in [0.29, 0.717) is 0 Å². The van der Waals surface area contributed by atoms with E-state index in [1.165, 1.54) is 10.4 Å². The summed E-state index contributed by atoms with van der Waals surface area (Å²) in [6.07, 6.45) is 1.01. The van der Waals surface area contributed by atoms with Gasteiger partial charge in [-0.15, -0.1) is 11.3 Å². The van der Waals surface area contributed by atoms with E-state index in [1.54, 1.807) is 18.4 Å². The fraction of sp³-hybridized carbons (Fsp3) is 0.375. The predicted molar refractivity (Wildman–Crippen MR) is 89.4 cm³/mol. The first-order valence-corrected chi connectivity index (χ1v) is 8.71. The van der Waals surface area contributed by atoms with E-state index in [2.05, 4.69) is 45.7 Å². The Morgan fingerprint density at radius 3 is 2.95 bits per heavy atom. The van der Waals surface area contributed by atoms with Gasteiger partial charge in [-0.3, -0.25) is 0 Å². The third kappa shape index (κ3) is 2.96. The van der Waals surface area contributed by atoms with Gasteiger partial charge in [-0.1, -0.05) is 6.92 Å². The molecule has 0 fully saturated rings. The smallest absolute Gasteiger partial charge is 0.136 e. The number of fused-ring (bicyclic) bond motifs is 1. The number of methoxy groups -OCH3 is 1. The molecule has 0 bridgehead atoms. The molecule has 2 heterocycles. The zero-order chi connectivity index (χ0) is 14.8. The van der Waals surface area contributed by atoms with Crippen LogP contribution in [0.1, 0.15) is 35.9 Å². The van der Waals surface area contributed by atoms with Gasteiger partial charge in [-0.05, 0) is 52.1 Å². The molecule has 1 aromatic heterocycles. The summed E-state index contributed by atoms with van der Waals surface area (Å²) in [7, 11) is 1.69. The minimum Gasteiger partial charge on any atom is -0.497 e. The van der Waals surface area contributed by atoms with E-state index in [9.17, 15) is 0 Å². The van der Waals surface area contributed by atoms with Crippen LogP contribution in [0.5, 0.6) is 11.5 Å². The molecule has 112 valence electrons. The van der Waals surface area contributed by atoms with Gasteiger partial charge >= 0.3 is 0 Å². The van der Waals surface area contributed by atoms with Gasteiger partial charge in [0.25, 0.3) is 0 Å². The van der Waals surface area contributed by atoms with Crippen LogP contribution >= 0.6 is 27.3 Å². The van der Waals surface area contributed by atoms with Gasteiger partial charge < -0.3 is 14.8 Å². The number of rotatable bonds is 4. The van der Waals surface area contributed by atoms with E-state index in [0.717, 1.165) is 28.9 Å². The summed E-state index contributed by atoms with van der Waals surface area (Å²) in [5, 5.41) is 5.65. The maximum atomic E-state index is 6.22. The number of ether oxygens (including phenoxy) is 2. The van der Waals surface area contributed by atoms with Crippen LogP contribution in [-0.2, 0) is 0 Å². The van der Waals surface area contributed by atoms with Crippen LogP contribution in [0, 0.1) is 0 Å². The van der Waals surface area contributed by atoms with Crippen molar-refractivity contribution in [3.05, 3.63) is 44.6 Å². The number of hydrogen-bond acceptors (Lipinski definition) is 4. The zero-order valence-electron chi connectivity index (χ0n) is 12.1. The molecule has 1 aromatic carbocycles. The Bertz CT molecular complexity index is 628.